The van der Waals surface area contributed by atoms with Crippen molar-refractivity contribution >= 4 is 55.5 Å². The molecule has 0 fully saturated rings. The Morgan fingerprint density at radius 1 is 1.25 bits per heavy atom. The quantitative estimate of drug-likeness (QED) is 0.245. The summed E-state index contributed by atoms with van der Waals surface area (Å²) in [6, 6.07) is 9.54. The maximum absolute atomic E-state index is 12.3. The monoisotopic (exact) mass is 473 g/mol. The summed E-state index contributed by atoms with van der Waals surface area (Å²) in [5.41, 5.74) is 0.631. The Balaban J connectivity index is 2.42. The smallest absolute Gasteiger partial charge is 0.343 e. The third kappa shape index (κ3) is 4.66. The molecule has 0 radical (unpaired) electrons. The molecular weight excluding hydrogens is 465 g/mol. The van der Waals surface area contributed by atoms with Gasteiger partial charge in [0.2, 0.25) is 5.70 Å². The lowest BCUT2D eigenvalue weighted by molar-refractivity contribution is -0.422. The van der Waals surface area contributed by atoms with Gasteiger partial charge in [0.1, 0.15) is 0 Å². The molecule has 5 nitrogen and oxygen atoms in total. The van der Waals surface area contributed by atoms with Crippen molar-refractivity contribution in [3.8, 4) is 5.75 Å². The third-order valence-electron chi connectivity index (χ3n) is 2.96. The number of carbonyl (C=O) groups is 1. The first-order valence-corrected chi connectivity index (χ1v) is 8.54. The van der Waals surface area contributed by atoms with E-state index < -0.39 is 10.9 Å². The van der Waals surface area contributed by atoms with E-state index in [1.807, 2.05) is 0 Å². The fourth-order valence-electron chi connectivity index (χ4n) is 1.81. The van der Waals surface area contributed by atoms with Crippen LogP contribution in [0.2, 0.25) is 5.02 Å². The topological polar surface area (TPSA) is 69.4 Å². The van der Waals surface area contributed by atoms with Crippen molar-refractivity contribution < 1.29 is 14.5 Å². The Hall–Kier alpha value is -1.70. The normalized spacial score (nSPS) is 11.2. The minimum Gasteiger partial charge on any atom is -0.421 e. The first-order valence-electron chi connectivity index (χ1n) is 6.57. The van der Waals surface area contributed by atoms with E-state index in [1.165, 1.54) is 25.1 Å². The van der Waals surface area contributed by atoms with Crippen molar-refractivity contribution in [3.63, 3.8) is 0 Å². The van der Waals surface area contributed by atoms with Crippen LogP contribution in [0.3, 0.4) is 0 Å². The Bertz CT molecular complexity index is 835. The molecule has 124 valence electrons. The van der Waals surface area contributed by atoms with Crippen LogP contribution < -0.4 is 4.74 Å². The number of ether oxygens (including phenoxy) is 1. The largest absolute Gasteiger partial charge is 0.421 e. The molecule has 0 atom stereocenters. The molecule has 0 heterocycles. The van der Waals surface area contributed by atoms with Crippen LogP contribution in [0.5, 0.6) is 5.75 Å². The highest BCUT2D eigenvalue weighted by Crippen LogP contribution is 2.35. The lowest BCUT2D eigenvalue weighted by atomic mass is 10.1. The molecule has 0 N–H and O–H groups in total. The molecule has 0 unspecified atom stereocenters. The molecule has 0 saturated heterocycles. The number of allylic oxidation sites excluding steroid dienone is 1. The molecule has 24 heavy (non-hydrogen) atoms. The highest BCUT2D eigenvalue weighted by Gasteiger charge is 2.16. The average molecular weight is 476 g/mol. The Kier molecular flexibility index (Phi) is 6.15. The van der Waals surface area contributed by atoms with Gasteiger partial charge in [-0.05, 0) is 52.3 Å². The van der Waals surface area contributed by atoms with Crippen LogP contribution in [-0.4, -0.2) is 10.9 Å². The molecule has 2 rings (SSSR count). The minimum atomic E-state index is -0.594. The second kappa shape index (κ2) is 7.92. The number of carbonyl (C=O) groups excluding carboxylic acids is 1. The van der Waals surface area contributed by atoms with Crippen molar-refractivity contribution in [3.05, 3.63) is 77.3 Å². The lowest BCUT2D eigenvalue weighted by Gasteiger charge is -2.11. The van der Waals surface area contributed by atoms with Crippen LogP contribution in [0.15, 0.2) is 51.0 Å². The predicted molar refractivity (Wildman–Crippen MR) is 98.9 cm³/mol. The zero-order valence-electron chi connectivity index (χ0n) is 12.3. The molecule has 0 aromatic heterocycles. The maximum Gasteiger partial charge on any atom is 0.343 e. The molecule has 0 aliphatic rings. The van der Waals surface area contributed by atoms with Gasteiger partial charge in [-0.1, -0.05) is 27.5 Å². The maximum atomic E-state index is 12.3. The molecule has 0 bridgehead atoms. The van der Waals surface area contributed by atoms with Gasteiger partial charge in [-0.15, -0.1) is 0 Å². The summed E-state index contributed by atoms with van der Waals surface area (Å²) >= 11 is 12.4. The van der Waals surface area contributed by atoms with Gasteiger partial charge in [0.25, 0.3) is 0 Å². The van der Waals surface area contributed by atoms with E-state index >= 15 is 0 Å². The van der Waals surface area contributed by atoms with Gasteiger partial charge in [0.05, 0.1) is 15.0 Å². The molecule has 2 aromatic carbocycles. The summed E-state index contributed by atoms with van der Waals surface area (Å²) in [4.78, 5) is 22.6. The third-order valence-corrected chi connectivity index (χ3v) is 4.26. The predicted octanol–water partition coefficient (Wildman–Crippen LogP) is 5.72. The summed E-state index contributed by atoms with van der Waals surface area (Å²) in [5, 5.41) is 11.4. The van der Waals surface area contributed by atoms with E-state index in [-0.39, 0.29) is 11.4 Å². The van der Waals surface area contributed by atoms with Gasteiger partial charge in [0.15, 0.2) is 5.75 Å². The van der Waals surface area contributed by atoms with Crippen molar-refractivity contribution in [1.29, 1.82) is 0 Å². The number of hydrogen-bond donors (Lipinski definition) is 0. The summed E-state index contributed by atoms with van der Waals surface area (Å²) in [7, 11) is 0. The standard InChI is InChI=1S/C16H10Br2ClNO4/c1-9(20(22)23)6-11-7-12(17)8-14(18)15(11)24-16(21)10-2-4-13(19)5-3-10/h2-8H,1H3. The number of hydrogen-bond acceptors (Lipinski definition) is 4. The van der Waals surface area contributed by atoms with Crippen LogP contribution in [0, 0.1) is 10.1 Å². The van der Waals surface area contributed by atoms with Gasteiger partial charge >= 0.3 is 5.97 Å². The number of nitrogens with zero attached hydrogens (tertiary/aromatic N) is 1. The number of benzene rings is 2. The van der Waals surface area contributed by atoms with Crippen molar-refractivity contribution in [2.45, 2.75) is 6.92 Å². The Morgan fingerprint density at radius 3 is 2.46 bits per heavy atom. The average Bonchev–Trinajstić information content (AvgIpc) is 2.51. The van der Waals surface area contributed by atoms with Crippen LogP contribution in [-0.2, 0) is 0 Å². The van der Waals surface area contributed by atoms with E-state index in [9.17, 15) is 14.9 Å². The molecule has 0 aliphatic carbocycles. The molecule has 8 heteroatoms. The first kappa shape index (κ1) is 18.6. The second-order valence-corrected chi connectivity index (χ2v) is 6.95. The molecular formula is C16H10Br2ClNO4. The minimum absolute atomic E-state index is 0.0798. The zero-order valence-corrected chi connectivity index (χ0v) is 16.2. The molecule has 0 amide bonds. The number of esters is 1. The van der Waals surface area contributed by atoms with Gasteiger partial charge in [0, 0.05) is 28.1 Å². The summed E-state index contributed by atoms with van der Waals surface area (Å²) in [6.07, 6.45) is 1.33. The highest BCUT2D eigenvalue weighted by atomic mass is 79.9. The van der Waals surface area contributed by atoms with Gasteiger partial charge in [-0.25, -0.2) is 4.79 Å². The molecule has 0 saturated carbocycles. The lowest BCUT2D eigenvalue weighted by Crippen LogP contribution is -2.10. The first-order chi connectivity index (χ1) is 11.3. The Morgan fingerprint density at radius 2 is 1.88 bits per heavy atom. The van der Waals surface area contributed by atoms with Gasteiger partial charge in [-0.3, -0.25) is 10.1 Å². The molecule has 2 aromatic rings. The van der Waals surface area contributed by atoms with E-state index in [0.29, 0.717) is 25.1 Å². The molecule has 0 aliphatic heterocycles. The van der Waals surface area contributed by atoms with E-state index in [2.05, 4.69) is 31.9 Å². The van der Waals surface area contributed by atoms with Crippen molar-refractivity contribution in [2.24, 2.45) is 0 Å². The van der Waals surface area contributed by atoms with Gasteiger partial charge < -0.3 is 4.74 Å². The van der Waals surface area contributed by atoms with E-state index in [4.69, 9.17) is 16.3 Å². The summed E-state index contributed by atoms with van der Waals surface area (Å²) < 4.78 is 6.59. The summed E-state index contributed by atoms with van der Waals surface area (Å²) in [5.74, 6) is -0.401. The highest BCUT2D eigenvalue weighted by molar-refractivity contribution is 9.11. The fraction of sp³-hybridized carbons (Fsp3) is 0.0625. The number of halogens is 3. The Labute approximate surface area is 159 Å². The molecule has 0 spiro atoms. The second-order valence-electron chi connectivity index (χ2n) is 4.75. The van der Waals surface area contributed by atoms with E-state index in [0.717, 1.165) is 0 Å². The van der Waals surface area contributed by atoms with Crippen molar-refractivity contribution in [1.82, 2.24) is 0 Å². The van der Waals surface area contributed by atoms with Crippen LogP contribution in [0.1, 0.15) is 22.8 Å². The fourth-order valence-corrected chi connectivity index (χ4v) is 3.28. The zero-order chi connectivity index (χ0) is 17.9. The number of rotatable bonds is 4. The van der Waals surface area contributed by atoms with E-state index in [1.54, 1.807) is 24.3 Å². The van der Waals surface area contributed by atoms with Crippen LogP contribution in [0.4, 0.5) is 0 Å². The van der Waals surface area contributed by atoms with Gasteiger partial charge in [-0.2, -0.15) is 0 Å². The van der Waals surface area contributed by atoms with Crippen LogP contribution >= 0.6 is 43.5 Å². The summed E-state index contributed by atoms with van der Waals surface area (Å²) in [6.45, 7) is 1.36. The number of nitro groups is 1. The SMILES string of the molecule is CC(=Cc1cc(Br)cc(Br)c1OC(=O)c1ccc(Cl)cc1)[N+](=O)[O-]. The van der Waals surface area contributed by atoms with Crippen LogP contribution in [0.25, 0.3) is 6.08 Å². The van der Waals surface area contributed by atoms with Crippen molar-refractivity contribution in [2.75, 3.05) is 0 Å².